The number of benzene rings is 1. The molecule has 2 heterocycles. The van der Waals surface area contributed by atoms with Crippen LogP contribution in [0, 0.1) is 20.8 Å². The molecule has 0 saturated carbocycles. The second-order valence-electron chi connectivity index (χ2n) is 6.97. The molecule has 9 heteroatoms. The topological polar surface area (TPSA) is 106 Å². The van der Waals surface area contributed by atoms with Crippen molar-refractivity contribution in [2.24, 2.45) is 0 Å². The quantitative estimate of drug-likeness (QED) is 0.788. The Hall–Kier alpha value is -3.23. The van der Waals surface area contributed by atoms with Gasteiger partial charge >= 0.3 is 6.09 Å². The van der Waals surface area contributed by atoms with Gasteiger partial charge in [0.15, 0.2) is 5.78 Å². The summed E-state index contributed by atoms with van der Waals surface area (Å²) >= 11 is 0. The molecule has 0 unspecified atom stereocenters. The Balaban J connectivity index is 1.92. The monoisotopic (exact) mass is 385 g/mol. The Morgan fingerprint density at radius 2 is 1.86 bits per heavy atom. The second kappa shape index (κ2) is 7.41. The maximum atomic E-state index is 12.3. The first-order valence-electron chi connectivity index (χ1n) is 8.96. The lowest BCUT2D eigenvalue weighted by atomic mass is 10.1. The van der Waals surface area contributed by atoms with Gasteiger partial charge in [-0.2, -0.15) is 0 Å². The number of carbonyl (C=O) groups is 3. The third kappa shape index (κ3) is 3.60. The summed E-state index contributed by atoms with van der Waals surface area (Å²) in [6.07, 6.45) is -0.859. The molecule has 3 rings (SSSR count). The zero-order valence-electron chi connectivity index (χ0n) is 16.6. The highest BCUT2D eigenvalue weighted by atomic mass is 16.6. The number of aryl methyl sites for hydroxylation is 3. The zero-order chi connectivity index (χ0) is 20.6. The molecule has 0 aliphatic carbocycles. The molecule has 1 aliphatic rings. The average molecular weight is 385 g/mol. The standard InChI is InChI=1S/C19H23N5O4/c1-10-6-15(23-9-16(28-19(23)27)8-20-14(5)26)7-11(2)17(10)24-18(13(4)25)12(3)21-22-24/h6-7,16H,8-9H2,1-5H3,(H,20,26)/t16-/m0/s1. The van der Waals surface area contributed by atoms with Crippen LogP contribution < -0.4 is 10.2 Å². The molecule has 1 aromatic heterocycles. The summed E-state index contributed by atoms with van der Waals surface area (Å²) in [4.78, 5) is 36.9. The van der Waals surface area contributed by atoms with Crippen LogP contribution in [-0.2, 0) is 9.53 Å². The molecule has 1 atom stereocenters. The predicted molar refractivity (Wildman–Crippen MR) is 102 cm³/mol. The third-order valence-corrected chi connectivity index (χ3v) is 4.62. The molecular weight excluding hydrogens is 362 g/mol. The fraction of sp³-hybridized carbons (Fsp3) is 0.421. The summed E-state index contributed by atoms with van der Waals surface area (Å²) in [7, 11) is 0. The normalized spacial score (nSPS) is 16.2. The number of cyclic esters (lactones) is 1. The third-order valence-electron chi connectivity index (χ3n) is 4.62. The maximum Gasteiger partial charge on any atom is 0.414 e. The number of Topliss-reactive ketones (excluding diaryl/α,β-unsaturated/α-hetero) is 1. The van der Waals surface area contributed by atoms with E-state index in [1.807, 2.05) is 26.0 Å². The number of ketones is 1. The van der Waals surface area contributed by atoms with Gasteiger partial charge in [0.05, 0.1) is 24.5 Å². The van der Waals surface area contributed by atoms with Crippen LogP contribution in [0.5, 0.6) is 0 Å². The molecule has 0 radical (unpaired) electrons. The van der Waals surface area contributed by atoms with Crippen molar-refractivity contribution in [2.75, 3.05) is 18.0 Å². The van der Waals surface area contributed by atoms with Gasteiger partial charge < -0.3 is 10.1 Å². The number of rotatable bonds is 5. The van der Waals surface area contributed by atoms with E-state index in [-0.39, 0.29) is 18.2 Å². The van der Waals surface area contributed by atoms with Crippen LogP contribution in [0.1, 0.15) is 41.2 Å². The van der Waals surface area contributed by atoms with Crippen LogP contribution >= 0.6 is 0 Å². The van der Waals surface area contributed by atoms with Crippen molar-refractivity contribution < 1.29 is 19.1 Å². The molecule has 1 aliphatic heterocycles. The number of amides is 2. The van der Waals surface area contributed by atoms with Gasteiger partial charge in [-0.05, 0) is 44.0 Å². The highest BCUT2D eigenvalue weighted by molar-refractivity contribution is 5.94. The molecule has 2 aromatic rings. The van der Waals surface area contributed by atoms with E-state index in [4.69, 9.17) is 4.74 Å². The van der Waals surface area contributed by atoms with E-state index < -0.39 is 12.2 Å². The Morgan fingerprint density at radius 1 is 1.21 bits per heavy atom. The number of hydrogen-bond acceptors (Lipinski definition) is 6. The Morgan fingerprint density at radius 3 is 2.43 bits per heavy atom. The molecule has 1 fully saturated rings. The minimum absolute atomic E-state index is 0.116. The van der Waals surface area contributed by atoms with Crippen LogP contribution in [-0.4, -0.2) is 52.0 Å². The van der Waals surface area contributed by atoms with Crippen molar-refractivity contribution in [3.05, 3.63) is 34.6 Å². The Bertz CT molecular complexity index is 942. The SMILES string of the molecule is CC(=O)NC[C@H]1CN(c2cc(C)c(-n3nnc(C)c3C(C)=O)c(C)c2)C(=O)O1. The fourth-order valence-electron chi connectivity index (χ4n) is 3.44. The first kappa shape index (κ1) is 19.5. The summed E-state index contributed by atoms with van der Waals surface area (Å²) in [6.45, 7) is 9.05. The maximum absolute atomic E-state index is 12.3. The number of ether oxygens (including phenoxy) is 1. The van der Waals surface area contributed by atoms with Gasteiger partial charge in [-0.1, -0.05) is 5.21 Å². The summed E-state index contributed by atoms with van der Waals surface area (Å²) in [5.41, 5.74) is 4.16. The first-order chi connectivity index (χ1) is 13.2. The molecule has 1 saturated heterocycles. The highest BCUT2D eigenvalue weighted by Crippen LogP contribution is 2.29. The summed E-state index contributed by atoms with van der Waals surface area (Å²) in [5.74, 6) is -0.288. The van der Waals surface area contributed by atoms with Gasteiger partial charge in [0.25, 0.3) is 0 Å². The lowest BCUT2D eigenvalue weighted by Gasteiger charge is -2.18. The number of nitrogens with one attached hydrogen (secondary N) is 1. The van der Waals surface area contributed by atoms with Crippen molar-refractivity contribution in [1.29, 1.82) is 0 Å². The smallest absolute Gasteiger partial charge is 0.414 e. The van der Waals surface area contributed by atoms with E-state index >= 15 is 0 Å². The number of anilines is 1. The van der Waals surface area contributed by atoms with Crippen molar-refractivity contribution in [3.8, 4) is 5.69 Å². The van der Waals surface area contributed by atoms with Gasteiger partial charge in [0.2, 0.25) is 5.91 Å². The van der Waals surface area contributed by atoms with E-state index in [0.29, 0.717) is 23.6 Å². The van der Waals surface area contributed by atoms with E-state index in [1.165, 1.54) is 18.7 Å². The van der Waals surface area contributed by atoms with Crippen LogP contribution in [0.3, 0.4) is 0 Å². The largest absolute Gasteiger partial charge is 0.442 e. The van der Waals surface area contributed by atoms with Crippen molar-refractivity contribution in [1.82, 2.24) is 20.3 Å². The number of nitrogens with zero attached hydrogens (tertiary/aromatic N) is 4. The van der Waals surface area contributed by atoms with Crippen molar-refractivity contribution >= 4 is 23.5 Å². The minimum Gasteiger partial charge on any atom is -0.442 e. The summed E-state index contributed by atoms with van der Waals surface area (Å²) in [6, 6.07) is 3.70. The lowest BCUT2D eigenvalue weighted by Crippen LogP contribution is -2.33. The van der Waals surface area contributed by atoms with Crippen LogP contribution in [0.15, 0.2) is 12.1 Å². The van der Waals surface area contributed by atoms with E-state index in [0.717, 1.165) is 16.8 Å². The summed E-state index contributed by atoms with van der Waals surface area (Å²) < 4.78 is 6.88. The lowest BCUT2D eigenvalue weighted by molar-refractivity contribution is -0.119. The molecular formula is C19H23N5O4. The Labute approximate surface area is 162 Å². The van der Waals surface area contributed by atoms with Gasteiger partial charge in [0, 0.05) is 19.5 Å². The Kier molecular flexibility index (Phi) is 5.17. The molecule has 0 spiro atoms. The van der Waals surface area contributed by atoms with Gasteiger partial charge in [-0.15, -0.1) is 5.10 Å². The van der Waals surface area contributed by atoms with Crippen molar-refractivity contribution in [2.45, 2.75) is 40.7 Å². The van der Waals surface area contributed by atoms with Gasteiger partial charge in [0.1, 0.15) is 11.8 Å². The van der Waals surface area contributed by atoms with Gasteiger partial charge in [-0.25, -0.2) is 9.48 Å². The van der Waals surface area contributed by atoms with E-state index in [9.17, 15) is 14.4 Å². The molecule has 2 amide bonds. The highest BCUT2D eigenvalue weighted by Gasteiger charge is 2.33. The van der Waals surface area contributed by atoms with Crippen LogP contribution in [0.25, 0.3) is 5.69 Å². The molecule has 1 aromatic carbocycles. The molecule has 28 heavy (non-hydrogen) atoms. The number of carbonyl (C=O) groups excluding carboxylic acids is 3. The molecule has 1 N–H and O–H groups in total. The molecule has 9 nitrogen and oxygen atoms in total. The van der Waals surface area contributed by atoms with Crippen molar-refractivity contribution in [3.63, 3.8) is 0 Å². The zero-order valence-corrected chi connectivity index (χ0v) is 16.6. The molecule has 0 bridgehead atoms. The molecule has 148 valence electrons. The van der Waals surface area contributed by atoms with E-state index in [2.05, 4.69) is 15.6 Å². The summed E-state index contributed by atoms with van der Waals surface area (Å²) in [5, 5.41) is 10.8. The fourth-order valence-corrected chi connectivity index (χ4v) is 3.44. The van der Waals surface area contributed by atoms with Gasteiger partial charge in [-0.3, -0.25) is 14.5 Å². The average Bonchev–Trinajstić information content (AvgIpc) is 3.15. The second-order valence-corrected chi connectivity index (χ2v) is 6.97. The van der Waals surface area contributed by atoms with E-state index in [1.54, 1.807) is 11.6 Å². The number of hydrogen-bond donors (Lipinski definition) is 1. The predicted octanol–water partition coefficient (Wildman–Crippen LogP) is 1.86. The number of aromatic nitrogens is 3. The van der Waals surface area contributed by atoms with Crippen LogP contribution in [0.2, 0.25) is 0 Å². The first-order valence-corrected chi connectivity index (χ1v) is 8.96. The minimum atomic E-state index is -0.456. The van der Waals surface area contributed by atoms with Crippen LogP contribution in [0.4, 0.5) is 10.5 Å².